The topological polar surface area (TPSA) is 38.3 Å². The van der Waals surface area contributed by atoms with E-state index in [2.05, 4.69) is 5.32 Å². The Labute approximate surface area is 116 Å². The second kappa shape index (κ2) is 6.61. The maximum Gasteiger partial charge on any atom is 0.306 e. The Kier molecular flexibility index (Phi) is 4.84. The van der Waals surface area contributed by atoms with Crippen LogP contribution in [0.15, 0.2) is 30.4 Å². The van der Waals surface area contributed by atoms with E-state index in [-0.39, 0.29) is 18.1 Å². The van der Waals surface area contributed by atoms with Crippen molar-refractivity contribution in [3.8, 4) is 0 Å². The molecule has 2 unspecified atom stereocenters. The lowest BCUT2D eigenvalue weighted by Gasteiger charge is -2.14. The van der Waals surface area contributed by atoms with Gasteiger partial charge >= 0.3 is 5.97 Å². The maximum absolute atomic E-state index is 13.6. The van der Waals surface area contributed by atoms with E-state index in [4.69, 9.17) is 4.74 Å². The molecule has 0 saturated carbocycles. The number of ether oxygens (including phenoxy) is 1. The van der Waals surface area contributed by atoms with Gasteiger partial charge in [0.2, 0.25) is 0 Å². The molecule has 2 rings (SSSR count). The first kappa shape index (κ1) is 14.7. The van der Waals surface area contributed by atoms with Crippen molar-refractivity contribution in [3.05, 3.63) is 47.5 Å². The van der Waals surface area contributed by atoms with Gasteiger partial charge in [-0.1, -0.05) is 18.2 Å². The summed E-state index contributed by atoms with van der Waals surface area (Å²) in [6, 6.07) is 3.83. The van der Waals surface area contributed by atoms with E-state index in [0.717, 1.165) is 6.07 Å². The van der Waals surface area contributed by atoms with Gasteiger partial charge in [0, 0.05) is 24.6 Å². The Bertz CT molecular complexity index is 517. The van der Waals surface area contributed by atoms with Crippen molar-refractivity contribution < 1.29 is 18.3 Å². The molecule has 1 aromatic carbocycles. The average Bonchev–Trinajstić information content (AvgIpc) is 2.83. The van der Waals surface area contributed by atoms with Crippen LogP contribution < -0.4 is 5.32 Å². The summed E-state index contributed by atoms with van der Waals surface area (Å²) in [5, 5.41) is 3.07. The second-order valence-corrected chi connectivity index (χ2v) is 4.77. The van der Waals surface area contributed by atoms with E-state index in [0.29, 0.717) is 24.9 Å². The number of esters is 1. The Balaban J connectivity index is 1.83. The molecule has 0 spiro atoms. The van der Waals surface area contributed by atoms with Gasteiger partial charge in [-0.2, -0.15) is 0 Å². The smallest absolute Gasteiger partial charge is 0.306 e. The summed E-state index contributed by atoms with van der Waals surface area (Å²) in [4.78, 5) is 10.9. The van der Waals surface area contributed by atoms with Gasteiger partial charge in [0.1, 0.15) is 6.10 Å². The molecule has 0 aromatic heterocycles. The molecule has 1 fully saturated rings. The van der Waals surface area contributed by atoms with Crippen molar-refractivity contribution in [2.45, 2.75) is 31.9 Å². The van der Waals surface area contributed by atoms with Gasteiger partial charge in [-0.25, -0.2) is 8.78 Å². The zero-order valence-corrected chi connectivity index (χ0v) is 11.2. The highest BCUT2D eigenvalue weighted by molar-refractivity contribution is 5.71. The number of benzene rings is 1. The van der Waals surface area contributed by atoms with Crippen molar-refractivity contribution in [2.75, 3.05) is 6.54 Å². The Morgan fingerprint density at radius 1 is 1.50 bits per heavy atom. The molecule has 1 saturated heterocycles. The lowest BCUT2D eigenvalue weighted by molar-refractivity contribution is -0.139. The SMILES string of the molecule is CC(NC/C=C/C1CCC(=O)O1)c1cccc(F)c1F. The van der Waals surface area contributed by atoms with Crippen molar-refractivity contribution in [3.63, 3.8) is 0 Å². The molecule has 1 aliphatic heterocycles. The van der Waals surface area contributed by atoms with Gasteiger partial charge in [0.25, 0.3) is 0 Å². The van der Waals surface area contributed by atoms with Crippen molar-refractivity contribution in [1.29, 1.82) is 0 Å². The van der Waals surface area contributed by atoms with Gasteiger partial charge in [-0.15, -0.1) is 0 Å². The zero-order chi connectivity index (χ0) is 14.5. The van der Waals surface area contributed by atoms with Crippen LogP contribution in [-0.4, -0.2) is 18.6 Å². The van der Waals surface area contributed by atoms with Crippen molar-refractivity contribution >= 4 is 5.97 Å². The molecule has 1 heterocycles. The fourth-order valence-corrected chi connectivity index (χ4v) is 2.11. The van der Waals surface area contributed by atoms with E-state index < -0.39 is 11.6 Å². The fraction of sp³-hybridized carbons (Fsp3) is 0.400. The highest BCUT2D eigenvalue weighted by Crippen LogP contribution is 2.19. The first-order valence-corrected chi connectivity index (χ1v) is 6.61. The molecule has 0 radical (unpaired) electrons. The standard InChI is InChI=1S/C15H17F2NO2/c1-10(12-5-2-6-13(16)15(12)17)18-9-3-4-11-7-8-14(19)20-11/h2-6,10-11,18H,7-9H2,1H3/b4-3+. The summed E-state index contributed by atoms with van der Waals surface area (Å²) in [5.74, 6) is -1.84. The third-order valence-corrected chi connectivity index (χ3v) is 3.26. The Hall–Kier alpha value is -1.75. The number of hydrogen-bond acceptors (Lipinski definition) is 3. The molecule has 3 nitrogen and oxygen atoms in total. The maximum atomic E-state index is 13.6. The first-order chi connectivity index (χ1) is 9.58. The van der Waals surface area contributed by atoms with Gasteiger partial charge < -0.3 is 10.1 Å². The average molecular weight is 281 g/mol. The van der Waals surface area contributed by atoms with E-state index in [1.165, 1.54) is 6.07 Å². The summed E-state index contributed by atoms with van der Waals surface area (Å²) < 4.78 is 31.7. The molecule has 1 aromatic rings. The van der Waals surface area contributed by atoms with Crippen LogP contribution in [0.2, 0.25) is 0 Å². The van der Waals surface area contributed by atoms with Gasteiger partial charge in [0.15, 0.2) is 11.6 Å². The van der Waals surface area contributed by atoms with E-state index in [1.54, 1.807) is 13.0 Å². The summed E-state index contributed by atoms with van der Waals surface area (Å²) in [5.41, 5.74) is 0.297. The molecule has 1 N–H and O–H groups in total. The minimum Gasteiger partial charge on any atom is -0.458 e. The Morgan fingerprint density at radius 2 is 2.30 bits per heavy atom. The molecule has 0 amide bonds. The molecule has 20 heavy (non-hydrogen) atoms. The van der Waals surface area contributed by atoms with Crippen LogP contribution in [0.25, 0.3) is 0 Å². The molecule has 1 aliphatic rings. The third-order valence-electron chi connectivity index (χ3n) is 3.26. The largest absolute Gasteiger partial charge is 0.458 e. The van der Waals surface area contributed by atoms with Gasteiger partial charge in [0.05, 0.1) is 0 Å². The molecule has 2 atom stereocenters. The second-order valence-electron chi connectivity index (χ2n) is 4.77. The van der Waals surface area contributed by atoms with Crippen molar-refractivity contribution in [1.82, 2.24) is 5.32 Å². The number of rotatable bonds is 5. The van der Waals surface area contributed by atoms with Gasteiger partial charge in [-0.3, -0.25) is 4.79 Å². The van der Waals surface area contributed by atoms with E-state index >= 15 is 0 Å². The molecule has 0 aliphatic carbocycles. The van der Waals surface area contributed by atoms with Crippen LogP contribution in [0.5, 0.6) is 0 Å². The van der Waals surface area contributed by atoms with Crippen LogP contribution in [0.3, 0.4) is 0 Å². The number of carbonyl (C=O) groups excluding carboxylic acids is 1. The van der Waals surface area contributed by atoms with Crippen LogP contribution >= 0.6 is 0 Å². The number of cyclic esters (lactones) is 1. The lowest BCUT2D eigenvalue weighted by Crippen LogP contribution is -2.20. The number of nitrogens with one attached hydrogen (secondary N) is 1. The predicted molar refractivity (Wildman–Crippen MR) is 71.0 cm³/mol. The minimum absolute atomic E-state index is 0.162. The highest BCUT2D eigenvalue weighted by atomic mass is 19.2. The minimum atomic E-state index is -0.843. The normalized spacial score (nSPS) is 20.4. The monoisotopic (exact) mass is 281 g/mol. The summed E-state index contributed by atoms with van der Waals surface area (Å²) in [6.45, 7) is 2.26. The van der Waals surface area contributed by atoms with Crippen LogP contribution in [0.1, 0.15) is 31.4 Å². The van der Waals surface area contributed by atoms with E-state index in [1.807, 2.05) is 12.2 Å². The van der Waals surface area contributed by atoms with Crippen molar-refractivity contribution in [2.24, 2.45) is 0 Å². The molecule has 5 heteroatoms. The van der Waals surface area contributed by atoms with Gasteiger partial charge in [-0.05, 0) is 25.5 Å². The number of halogens is 2. The fourth-order valence-electron chi connectivity index (χ4n) is 2.11. The molecular formula is C15H17F2NO2. The molecular weight excluding hydrogens is 264 g/mol. The number of carbonyl (C=O) groups is 1. The Morgan fingerprint density at radius 3 is 3.00 bits per heavy atom. The molecule has 108 valence electrons. The molecule has 0 bridgehead atoms. The quantitative estimate of drug-likeness (QED) is 0.666. The van der Waals surface area contributed by atoms with Crippen LogP contribution in [-0.2, 0) is 9.53 Å². The van der Waals surface area contributed by atoms with E-state index in [9.17, 15) is 13.6 Å². The predicted octanol–water partition coefficient (Wildman–Crippen LogP) is 2.88. The summed E-state index contributed by atoms with van der Waals surface area (Å²) >= 11 is 0. The third kappa shape index (κ3) is 3.63. The lowest BCUT2D eigenvalue weighted by atomic mass is 10.1. The summed E-state index contributed by atoms with van der Waals surface area (Å²) in [6.07, 6.45) is 4.63. The van der Waals surface area contributed by atoms with Crippen LogP contribution in [0.4, 0.5) is 8.78 Å². The summed E-state index contributed by atoms with van der Waals surface area (Å²) in [7, 11) is 0. The number of hydrogen-bond donors (Lipinski definition) is 1. The first-order valence-electron chi connectivity index (χ1n) is 6.61. The highest BCUT2D eigenvalue weighted by Gasteiger charge is 2.20. The zero-order valence-electron chi connectivity index (χ0n) is 11.2. The van der Waals surface area contributed by atoms with Crippen LogP contribution in [0, 0.1) is 11.6 Å².